The fraction of sp³-hybridized carbons (Fsp3) is 1.00. The molecule has 0 unspecified atom stereocenters. The van der Waals surface area contributed by atoms with Gasteiger partial charge in [-0.05, 0) is 0 Å². The van der Waals surface area contributed by atoms with Crippen LogP contribution < -0.4 is 0 Å². The van der Waals surface area contributed by atoms with Gasteiger partial charge >= 0.3 is 0 Å². The van der Waals surface area contributed by atoms with Crippen LogP contribution in [-0.4, -0.2) is 16.6 Å². The van der Waals surface area contributed by atoms with E-state index in [4.69, 9.17) is 0 Å². The first-order chi connectivity index (χ1) is 5.74. The van der Waals surface area contributed by atoms with E-state index in [1.165, 1.54) is 19.3 Å². The summed E-state index contributed by atoms with van der Waals surface area (Å²) in [6.45, 7) is 9.68. The van der Waals surface area contributed by atoms with Crippen molar-refractivity contribution >= 4 is 16.6 Å². The highest BCUT2D eigenvalue weighted by atomic mass is 29.2. The lowest BCUT2D eigenvalue weighted by atomic mass is 10.6. The largest absolute Gasteiger partial charge is 0.0766 e. The Hall–Kier alpha value is 0.434. The molecule has 2 heteroatoms. The van der Waals surface area contributed by atoms with Crippen LogP contribution in [0.15, 0.2) is 0 Å². The first kappa shape index (κ1) is 12.4. The Labute approximate surface area is 81.8 Å². The van der Waals surface area contributed by atoms with E-state index in [1.54, 1.807) is 18.1 Å². The Bertz CT molecular complexity index is 85.0. The second-order valence-corrected chi connectivity index (χ2v) is 15.9. The van der Waals surface area contributed by atoms with Crippen LogP contribution in [0.1, 0.15) is 40.0 Å². The van der Waals surface area contributed by atoms with Gasteiger partial charge in [-0.2, -0.15) is 0 Å². The van der Waals surface area contributed by atoms with Crippen LogP contribution >= 0.6 is 0 Å². The van der Waals surface area contributed by atoms with E-state index in [2.05, 4.69) is 27.3 Å². The molecule has 0 saturated heterocycles. The SMILES string of the molecule is CCC[Si](CCC)(CCC)[SiH2]C. The van der Waals surface area contributed by atoms with Crippen LogP contribution in [0.4, 0.5) is 0 Å². The lowest BCUT2D eigenvalue weighted by Gasteiger charge is -2.29. The molecule has 0 nitrogen and oxygen atoms in total. The molecular weight excluding hydrogens is 176 g/mol. The molecular formula is C10H26Si2. The monoisotopic (exact) mass is 202 g/mol. The third kappa shape index (κ3) is 3.90. The van der Waals surface area contributed by atoms with Crippen molar-refractivity contribution in [2.24, 2.45) is 0 Å². The van der Waals surface area contributed by atoms with E-state index in [9.17, 15) is 0 Å². The van der Waals surface area contributed by atoms with Crippen molar-refractivity contribution in [3.63, 3.8) is 0 Å². The van der Waals surface area contributed by atoms with Crippen LogP contribution in [0.2, 0.25) is 24.7 Å². The maximum atomic E-state index is 2.56. The van der Waals surface area contributed by atoms with Crippen molar-refractivity contribution in [2.75, 3.05) is 0 Å². The highest BCUT2D eigenvalue weighted by molar-refractivity contribution is 7.24. The van der Waals surface area contributed by atoms with Crippen LogP contribution in [0.25, 0.3) is 0 Å². The van der Waals surface area contributed by atoms with Gasteiger partial charge in [-0.1, -0.05) is 64.7 Å². The van der Waals surface area contributed by atoms with Crippen molar-refractivity contribution in [1.82, 2.24) is 0 Å². The van der Waals surface area contributed by atoms with Gasteiger partial charge < -0.3 is 0 Å². The summed E-state index contributed by atoms with van der Waals surface area (Å²) in [6, 6.07) is 4.91. The zero-order valence-corrected chi connectivity index (χ0v) is 11.9. The van der Waals surface area contributed by atoms with Gasteiger partial charge in [-0.3, -0.25) is 0 Å². The molecule has 0 saturated carbocycles. The minimum atomic E-state index is -0.631. The van der Waals surface area contributed by atoms with E-state index in [0.29, 0.717) is 9.04 Å². The molecule has 0 aromatic carbocycles. The molecule has 0 rings (SSSR count). The van der Waals surface area contributed by atoms with Gasteiger partial charge in [0.05, 0.1) is 0 Å². The molecule has 0 aromatic rings. The molecule has 0 aromatic heterocycles. The van der Waals surface area contributed by atoms with Crippen molar-refractivity contribution < 1.29 is 0 Å². The van der Waals surface area contributed by atoms with E-state index in [0.717, 1.165) is 0 Å². The minimum Gasteiger partial charge on any atom is -0.0766 e. The van der Waals surface area contributed by atoms with E-state index in [1.807, 2.05) is 0 Å². The third-order valence-electron chi connectivity index (χ3n) is 3.09. The fourth-order valence-electron chi connectivity index (χ4n) is 2.50. The molecule has 74 valence electrons. The molecule has 0 radical (unpaired) electrons. The second-order valence-electron chi connectivity index (χ2n) is 4.10. The molecule has 0 amide bonds. The summed E-state index contributed by atoms with van der Waals surface area (Å²) in [5, 5.41) is 0. The fourth-order valence-corrected chi connectivity index (χ4v) is 13.9. The predicted molar refractivity (Wildman–Crippen MR) is 65.5 cm³/mol. The van der Waals surface area contributed by atoms with Gasteiger partial charge in [0.25, 0.3) is 0 Å². The topological polar surface area (TPSA) is 0 Å². The average molecular weight is 202 g/mol. The summed E-state index contributed by atoms with van der Waals surface area (Å²) in [7, 11) is -0.304. The summed E-state index contributed by atoms with van der Waals surface area (Å²) in [4.78, 5) is 0. The van der Waals surface area contributed by atoms with E-state index < -0.39 is 7.59 Å². The van der Waals surface area contributed by atoms with Crippen LogP contribution in [0.3, 0.4) is 0 Å². The standard InChI is InChI=1S/C10H26Si2/c1-5-8-12(11-4,9-6-2)10-7-3/h5-11H2,1-4H3. The Morgan fingerprint density at radius 1 is 0.833 bits per heavy atom. The molecule has 0 N–H and O–H groups in total. The number of hydrogen-bond donors (Lipinski definition) is 0. The predicted octanol–water partition coefficient (Wildman–Crippen LogP) is 3.38. The highest BCUT2D eigenvalue weighted by Gasteiger charge is 2.27. The summed E-state index contributed by atoms with van der Waals surface area (Å²) < 4.78 is 0. The molecule has 0 bridgehead atoms. The van der Waals surface area contributed by atoms with E-state index in [-0.39, 0.29) is 0 Å². The van der Waals surface area contributed by atoms with Gasteiger partial charge in [0.1, 0.15) is 0 Å². The van der Waals surface area contributed by atoms with Crippen molar-refractivity contribution in [3.8, 4) is 0 Å². The molecule has 0 aliphatic heterocycles. The quantitative estimate of drug-likeness (QED) is 0.555. The number of rotatable bonds is 7. The van der Waals surface area contributed by atoms with Gasteiger partial charge in [-0.25, -0.2) is 0 Å². The van der Waals surface area contributed by atoms with Gasteiger partial charge in [0, 0.05) is 16.6 Å². The Balaban J connectivity index is 4.06. The molecule has 0 atom stereocenters. The van der Waals surface area contributed by atoms with Crippen LogP contribution in [-0.2, 0) is 0 Å². The summed E-state index contributed by atoms with van der Waals surface area (Å²) in [5.41, 5.74) is 0. The second kappa shape index (κ2) is 6.90. The number of hydrogen-bond acceptors (Lipinski definition) is 0. The zero-order valence-electron chi connectivity index (χ0n) is 9.45. The van der Waals surface area contributed by atoms with Crippen molar-refractivity contribution in [1.29, 1.82) is 0 Å². The first-order valence-corrected chi connectivity index (χ1v) is 12.1. The lowest BCUT2D eigenvalue weighted by Crippen LogP contribution is -2.39. The lowest BCUT2D eigenvalue weighted by molar-refractivity contribution is 0.946. The average Bonchev–Trinajstić information content (AvgIpc) is 2.06. The molecule has 0 aliphatic rings. The van der Waals surface area contributed by atoms with Gasteiger partial charge in [-0.15, -0.1) is 0 Å². The first-order valence-electron chi connectivity index (χ1n) is 5.74. The summed E-state index contributed by atoms with van der Waals surface area (Å²) in [5.74, 6) is 0. The zero-order chi connectivity index (χ0) is 9.45. The van der Waals surface area contributed by atoms with Crippen molar-refractivity contribution in [3.05, 3.63) is 0 Å². The Kier molecular flexibility index (Phi) is 7.15. The van der Waals surface area contributed by atoms with Gasteiger partial charge in [0.15, 0.2) is 0 Å². The maximum Gasteiger partial charge on any atom is 0.0398 e. The minimum absolute atomic E-state index is 0.327. The van der Waals surface area contributed by atoms with Gasteiger partial charge in [0.2, 0.25) is 0 Å². The molecule has 12 heavy (non-hydrogen) atoms. The molecule has 0 spiro atoms. The van der Waals surface area contributed by atoms with Crippen LogP contribution in [0, 0.1) is 0 Å². The smallest absolute Gasteiger partial charge is 0.0398 e. The normalized spacial score (nSPS) is 13.0. The Morgan fingerprint density at radius 2 is 1.17 bits per heavy atom. The highest BCUT2D eigenvalue weighted by Crippen LogP contribution is 2.24. The van der Waals surface area contributed by atoms with Crippen molar-refractivity contribution in [2.45, 2.75) is 64.7 Å². The Morgan fingerprint density at radius 3 is 1.33 bits per heavy atom. The maximum absolute atomic E-state index is 2.56. The summed E-state index contributed by atoms with van der Waals surface area (Å²) in [6.07, 6.45) is 4.35. The molecule has 0 fully saturated rings. The third-order valence-corrected chi connectivity index (χ3v) is 17.0. The summed E-state index contributed by atoms with van der Waals surface area (Å²) >= 11 is 0. The molecule has 0 aliphatic carbocycles. The van der Waals surface area contributed by atoms with E-state index >= 15 is 0 Å². The molecule has 0 heterocycles. The van der Waals surface area contributed by atoms with Crippen LogP contribution in [0.5, 0.6) is 0 Å².